The summed E-state index contributed by atoms with van der Waals surface area (Å²) in [5.41, 5.74) is 7.90. The maximum atomic E-state index is 4.47. The second-order valence-electron chi connectivity index (χ2n) is 3.51. The Morgan fingerprint density at radius 2 is 2.00 bits per heavy atom. The van der Waals surface area contributed by atoms with Crippen LogP contribution in [-0.4, -0.2) is 9.78 Å². The van der Waals surface area contributed by atoms with Crippen LogP contribution in [0.2, 0.25) is 0 Å². The van der Waals surface area contributed by atoms with Gasteiger partial charge in [-0.2, -0.15) is 5.10 Å². The number of aromatic nitrogens is 2. The van der Waals surface area contributed by atoms with Crippen LogP contribution < -0.4 is 5.73 Å². The molecule has 1 aromatic rings. The summed E-state index contributed by atoms with van der Waals surface area (Å²) in [6.45, 7) is 9.44. The van der Waals surface area contributed by atoms with E-state index in [2.05, 4.69) is 43.2 Å². The molecule has 0 amide bonds. The average Bonchev–Trinajstić information content (AvgIpc) is 2.40. The Bertz CT molecular complexity index is 289. The maximum Gasteiger partial charge on any atom is 0.113 e. The lowest BCUT2D eigenvalue weighted by atomic mass is 10.0. The molecular formula is C10H20N3+. The third-order valence-corrected chi connectivity index (χ3v) is 2.64. The highest BCUT2D eigenvalue weighted by Gasteiger charge is 2.18. The fourth-order valence-electron chi connectivity index (χ4n) is 1.81. The smallest absolute Gasteiger partial charge is 0.113 e. The van der Waals surface area contributed by atoms with Gasteiger partial charge in [-0.25, -0.2) is 0 Å². The van der Waals surface area contributed by atoms with Crippen LogP contribution in [0.3, 0.4) is 0 Å². The van der Waals surface area contributed by atoms with Gasteiger partial charge in [0.25, 0.3) is 0 Å². The first-order valence-electron chi connectivity index (χ1n) is 4.98. The zero-order valence-electron chi connectivity index (χ0n) is 9.09. The Kier molecular flexibility index (Phi) is 3.09. The Balaban J connectivity index is 3.12. The van der Waals surface area contributed by atoms with Crippen LogP contribution in [0.4, 0.5) is 0 Å². The van der Waals surface area contributed by atoms with Crippen molar-refractivity contribution in [1.82, 2.24) is 9.78 Å². The summed E-state index contributed by atoms with van der Waals surface area (Å²) in [6, 6.07) is 0.389. The van der Waals surface area contributed by atoms with E-state index in [0.717, 1.165) is 18.7 Å². The highest BCUT2D eigenvalue weighted by molar-refractivity contribution is 5.26. The summed E-state index contributed by atoms with van der Waals surface area (Å²) in [7, 11) is 0. The molecule has 13 heavy (non-hydrogen) atoms. The van der Waals surface area contributed by atoms with Crippen LogP contribution in [0.1, 0.15) is 43.3 Å². The number of nitrogens with zero attached hydrogens (tertiary/aromatic N) is 2. The summed E-state index contributed by atoms with van der Waals surface area (Å²) in [5, 5.41) is 4.47. The van der Waals surface area contributed by atoms with E-state index in [-0.39, 0.29) is 0 Å². The molecule has 0 aliphatic rings. The fourth-order valence-corrected chi connectivity index (χ4v) is 1.81. The van der Waals surface area contributed by atoms with Gasteiger partial charge in [0.05, 0.1) is 11.3 Å². The maximum absolute atomic E-state index is 4.47. The third kappa shape index (κ3) is 1.75. The molecule has 1 heterocycles. The first-order chi connectivity index (χ1) is 6.11. The third-order valence-electron chi connectivity index (χ3n) is 2.64. The first-order valence-corrected chi connectivity index (χ1v) is 4.98. The lowest BCUT2D eigenvalue weighted by molar-refractivity contribution is -0.427. The largest absolute Gasteiger partial charge is 0.351 e. The van der Waals surface area contributed by atoms with E-state index in [1.54, 1.807) is 0 Å². The number of hydrogen-bond donors (Lipinski definition) is 1. The summed E-state index contributed by atoms with van der Waals surface area (Å²) in [5.74, 6) is 0. The van der Waals surface area contributed by atoms with E-state index < -0.39 is 0 Å². The van der Waals surface area contributed by atoms with Gasteiger partial charge in [0.1, 0.15) is 6.04 Å². The Morgan fingerprint density at radius 1 is 1.38 bits per heavy atom. The normalized spacial score (nSPS) is 13.3. The van der Waals surface area contributed by atoms with Crippen molar-refractivity contribution >= 4 is 0 Å². The summed E-state index contributed by atoms with van der Waals surface area (Å²) >= 11 is 0. The molecule has 0 aliphatic carbocycles. The van der Waals surface area contributed by atoms with Crippen molar-refractivity contribution in [3.8, 4) is 0 Å². The SMILES string of the molecule is CC[C@@H]([NH3+])c1c(C)nn(CC)c1C. The molecule has 3 N–H and O–H groups in total. The predicted molar refractivity (Wildman–Crippen MR) is 53.3 cm³/mol. The minimum absolute atomic E-state index is 0.389. The quantitative estimate of drug-likeness (QED) is 0.750. The zero-order valence-corrected chi connectivity index (χ0v) is 9.09. The molecule has 3 heteroatoms. The Hall–Kier alpha value is -0.830. The van der Waals surface area contributed by atoms with E-state index in [1.807, 2.05) is 0 Å². The van der Waals surface area contributed by atoms with Gasteiger partial charge in [-0.05, 0) is 20.8 Å². The molecule has 0 bridgehead atoms. The molecule has 0 aromatic carbocycles. The second-order valence-corrected chi connectivity index (χ2v) is 3.51. The Labute approximate surface area is 79.9 Å². The molecule has 1 rings (SSSR count). The fraction of sp³-hybridized carbons (Fsp3) is 0.700. The molecule has 3 nitrogen and oxygen atoms in total. The molecule has 0 aliphatic heterocycles. The molecule has 0 fully saturated rings. The van der Waals surface area contributed by atoms with Gasteiger partial charge in [-0.3, -0.25) is 4.68 Å². The summed E-state index contributed by atoms with van der Waals surface area (Å²) in [4.78, 5) is 0. The zero-order chi connectivity index (χ0) is 10.0. The molecular weight excluding hydrogens is 162 g/mol. The van der Waals surface area contributed by atoms with Gasteiger partial charge in [0, 0.05) is 18.7 Å². The van der Waals surface area contributed by atoms with E-state index >= 15 is 0 Å². The molecule has 1 atom stereocenters. The molecule has 0 radical (unpaired) electrons. The number of quaternary nitrogens is 1. The molecule has 74 valence electrons. The van der Waals surface area contributed by atoms with Crippen molar-refractivity contribution in [2.24, 2.45) is 0 Å². The van der Waals surface area contributed by atoms with Crippen molar-refractivity contribution in [1.29, 1.82) is 0 Å². The number of hydrogen-bond acceptors (Lipinski definition) is 1. The molecule has 1 aromatic heterocycles. The van der Waals surface area contributed by atoms with Crippen molar-refractivity contribution in [2.45, 2.75) is 46.7 Å². The van der Waals surface area contributed by atoms with Crippen molar-refractivity contribution in [3.05, 3.63) is 17.0 Å². The minimum atomic E-state index is 0.389. The standard InChI is InChI=1S/C10H19N3/c1-5-9(11)10-7(3)12-13(6-2)8(10)4/h9H,5-6,11H2,1-4H3/p+1/t9-/m1/s1. The van der Waals surface area contributed by atoms with Gasteiger partial charge in [0.15, 0.2) is 0 Å². The van der Waals surface area contributed by atoms with E-state index in [0.29, 0.717) is 6.04 Å². The van der Waals surface area contributed by atoms with Crippen molar-refractivity contribution in [2.75, 3.05) is 0 Å². The molecule has 0 saturated heterocycles. The van der Waals surface area contributed by atoms with Crippen LogP contribution in [0, 0.1) is 13.8 Å². The van der Waals surface area contributed by atoms with Gasteiger partial charge in [-0.15, -0.1) is 0 Å². The van der Waals surface area contributed by atoms with E-state index in [9.17, 15) is 0 Å². The topological polar surface area (TPSA) is 45.5 Å². The summed E-state index contributed by atoms with van der Waals surface area (Å²) in [6.07, 6.45) is 1.08. The molecule has 0 unspecified atom stereocenters. The van der Waals surface area contributed by atoms with Gasteiger partial charge in [-0.1, -0.05) is 6.92 Å². The van der Waals surface area contributed by atoms with Gasteiger partial charge < -0.3 is 5.73 Å². The second kappa shape index (κ2) is 3.92. The van der Waals surface area contributed by atoms with Crippen LogP contribution in [0.25, 0.3) is 0 Å². The lowest BCUT2D eigenvalue weighted by Crippen LogP contribution is -2.53. The monoisotopic (exact) mass is 182 g/mol. The number of aryl methyl sites for hydroxylation is 2. The van der Waals surface area contributed by atoms with Gasteiger partial charge >= 0.3 is 0 Å². The lowest BCUT2D eigenvalue weighted by Gasteiger charge is -2.06. The first kappa shape index (κ1) is 10.3. The number of rotatable bonds is 3. The van der Waals surface area contributed by atoms with Gasteiger partial charge in [0.2, 0.25) is 0 Å². The predicted octanol–water partition coefficient (Wildman–Crippen LogP) is 1.21. The van der Waals surface area contributed by atoms with Crippen LogP contribution in [0.5, 0.6) is 0 Å². The van der Waals surface area contributed by atoms with Crippen LogP contribution in [-0.2, 0) is 6.54 Å². The highest BCUT2D eigenvalue weighted by Crippen LogP contribution is 2.20. The molecule has 0 spiro atoms. The Morgan fingerprint density at radius 3 is 2.38 bits per heavy atom. The van der Waals surface area contributed by atoms with E-state index in [1.165, 1.54) is 11.3 Å². The average molecular weight is 182 g/mol. The minimum Gasteiger partial charge on any atom is -0.351 e. The van der Waals surface area contributed by atoms with Crippen LogP contribution >= 0.6 is 0 Å². The van der Waals surface area contributed by atoms with Crippen molar-refractivity contribution in [3.63, 3.8) is 0 Å². The van der Waals surface area contributed by atoms with Crippen LogP contribution in [0.15, 0.2) is 0 Å². The molecule has 0 saturated carbocycles. The summed E-state index contributed by atoms with van der Waals surface area (Å²) < 4.78 is 2.05. The van der Waals surface area contributed by atoms with E-state index in [4.69, 9.17) is 0 Å². The highest BCUT2D eigenvalue weighted by atomic mass is 15.3. The van der Waals surface area contributed by atoms with Crippen molar-refractivity contribution < 1.29 is 5.73 Å².